The van der Waals surface area contributed by atoms with E-state index in [1.807, 2.05) is 13.0 Å². The molecule has 3 heteroatoms. The molecule has 6 atom stereocenters. The molecule has 0 saturated heterocycles. The van der Waals surface area contributed by atoms with Crippen molar-refractivity contribution in [2.24, 2.45) is 22.7 Å². The predicted octanol–water partition coefficient (Wildman–Crippen LogP) is 3.44. The fourth-order valence-electron chi connectivity index (χ4n) is 5.67. The van der Waals surface area contributed by atoms with E-state index in [4.69, 9.17) is 0 Å². The van der Waals surface area contributed by atoms with Gasteiger partial charge in [-0.15, -0.1) is 0 Å². The van der Waals surface area contributed by atoms with Crippen LogP contribution in [-0.4, -0.2) is 33.1 Å². The molecule has 3 nitrogen and oxygen atoms in total. The third kappa shape index (κ3) is 2.92. The highest BCUT2D eigenvalue weighted by atomic mass is 16.4. The van der Waals surface area contributed by atoms with Crippen LogP contribution in [0, 0.1) is 22.7 Å². The van der Waals surface area contributed by atoms with Crippen molar-refractivity contribution in [3.8, 4) is 0 Å². The van der Waals surface area contributed by atoms with Crippen LogP contribution in [0.5, 0.6) is 0 Å². The SMILES string of the molecule is C=C/C(C)=C/C[C@H]1[C@@](C)(O)[C@H](O)[C@@H](O)[C@H]2C(C)(C)CCC[C@@]21C. The van der Waals surface area contributed by atoms with Crippen molar-refractivity contribution in [3.63, 3.8) is 0 Å². The molecule has 0 bridgehead atoms. The van der Waals surface area contributed by atoms with Gasteiger partial charge in [0.05, 0.1) is 11.7 Å². The molecule has 132 valence electrons. The number of aliphatic hydroxyl groups is 3. The summed E-state index contributed by atoms with van der Waals surface area (Å²) in [5, 5.41) is 32.5. The van der Waals surface area contributed by atoms with Crippen LogP contribution in [0.3, 0.4) is 0 Å². The topological polar surface area (TPSA) is 60.7 Å². The Balaban J connectivity index is 2.49. The third-order valence-electron chi connectivity index (χ3n) is 6.85. The number of aliphatic hydroxyl groups excluding tert-OH is 2. The third-order valence-corrected chi connectivity index (χ3v) is 6.85. The van der Waals surface area contributed by atoms with E-state index in [2.05, 4.69) is 33.4 Å². The van der Waals surface area contributed by atoms with E-state index in [0.29, 0.717) is 6.42 Å². The number of hydrogen-bond donors (Lipinski definition) is 3. The van der Waals surface area contributed by atoms with Crippen LogP contribution in [0.1, 0.15) is 60.3 Å². The Morgan fingerprint density at radius 1 is 1.17 bits per heavy atom. The minimum atomic E-state index is -1.30. The quantitative estimate of drug-likeness (QED) is 0.698. The maximum Gasteiger partial charge on any atom is 0.109 e. The molecular weight excluding hydrogens is 288 g/mol. The Kier molecular flexibility index (Phi) is 4.89. The highest BCUT2D eigenvalue weighted by Crippen LogP contribution is 2.62. The van der Waals surface area contributed by atoms with Gasteiger partial charge in [-0.05, 0) is 55.8 Å². The first-order valence-electron chi connectivity index (χ1n) is 8.86. The molecule has 0 aromatic heterocycles. The maximum absolute atomic E-state index is 11.1. The summed E-state index contributed by atoms with van der Waals surface area (Å²) in [4.78, 5) is 0. The highest BCUT2D eigenvalue weighted by Gasteiger charge is 2.64. The fraction of sp³-hybridized carbons (Fsp3) is 0.800. The first kappa shape index (κ1) is 18.7. The Hall–Kier alpha value is -0.640. The van der Waals surface area contributed by atoms with E-state index >= 15 is 0 Å². The van der Waals surface area contributed by atoms with E-state index in [9.17, 15) is 15.3 Å². The van der Waals surface area contributed by atoms with Crippen LogP contribution in [0.15, 0.2) is 24.3 Å². The van der Waals surface area contributed by atoms with Crippen LogP contribution < -0.4 is 0 Å². The molecule has 0 aliphatic heterocycles. The Bertz CT molecular complexity index is 491. The van der Waals surface area contributed by atoms with Crippen LogP contribution in [0.2, 0.25) is 0 Å². The molecule has 2 aliphatic rings. The molecule has 0 amide bonds. The minimum Gasteiger partial charge on any atom is -0.390 e. The molecule has 0 unspecified atom stereocenters. The molecule has 2 saturated carbocycles. The van der Waals surface area contributed by atoms with Gasteiger partial charge in [-0.1, -0.05) is 51.5 Å². The fourth-order valence-corrected chi connectivity index (χ4v) is 5.67. The number of rotatable bonds is 3. The van der Waals surface area contributed by atoms with Gasteiger partial charge in [-0.2, -0.15) is 0 Å². The van der Waals surface area contributed by atoms with Gasteiger partial charge in [0.15, 0.2) is 0 Å². The summed E-state index contributed by atoms with van der Waals surface area (Å²) >= 11 is 0. The van der Waals surface area contributed by atoms with E-state index in [1.165, 1.54) is 0 Å². The molecule has 2 rings (SSSR count). The lowest BCUT2D eigenvalue weighted by Gasteiger charge is -2.64. The molecule has 3 N–H and O–H groups in total. The van der Waals surface area contributed by atoms with Crippen molar-refractivity contribution in [1.29, 1.82) is 0 Å². The van der Waals surface area contributed by atoms with Crippen LogP contribution in [0.25, 0.3) is 0 Å². The van der Waals surface area contributed by atoms with Gasteiger partial charge in [0.25, 0.3) is 0 Å². The maximum atomic E-state index is 11.1. The summed E-state index contributed by atoms with van der Waals surface area (Å²) in [6, 6.07) is 0. The second-order valence-corrected chi connectivity index (χ2v) is 8.93. The van der Waals surface area contributed by atoms with Gasteiger partial charge >= 0.3 is 0 Å². The first-order chi connectivity index (χ1) is 10.5. The Morgan fingerprint density at radius 3 is 2.35 bits per heavy atom. The Labute approximate surface area is 141 Å². The molecule has 0 spiro atoms. The monoisotopic (exact) mass is 322 g/mol. The summed E-state index contributed by atoms with van der Waals surface area (Å²) < 4.78 is 0. The van der Waals surface area contributed by atoms with Crippen LogP contribution in [-0.2, 0) is 0 Å². The predicted molar refractivity (Wildman–Crippen MR) is 93.9 cm³/mol. The minimum absolute atomic E-state index is 0.0126. The largest absolute Gasteiger partial charge is 0.390 e. The second-order valence-electron chi connectivity index (χ2n) is 8.93. The average Bonchev–Trinajstić information content (AvgIpc) is 2.43. The lowest BCUT2D eigenvalue weighted by molar-refractivity contribution is -0.265. The molecule has 0 radical (unpaired) electrons. The molecule has 0 aromatic carbocycles. The standard InChI is InChI=1S/C20H34O3/c1-7-13(2)9-10-14-19(5)12-8-11-18(3,4)16(19)15(21)17(22)20(14,6)23/h7,9,14-17,21-23H,1,8,10-12H2,2-6H3/b13-9+/t14-,15+,16+,17-,19-,20-/m1/s1. The summed E-state index contributed by atoms with van der Waals surface area (Å²) in [6.45, 7) is 14.0. The molecule has 2 aliphatic carbocycles. The van der Waals surface area contributed by atoms with Crippen LogP contribution in [0.4, 0.5) is 0 Å². The van der Waals surface area contributed by atoms with Crippen molar-refractivity contribution in [3.05, 3.63) is 24.3 Å². The summed E-state index contributed by atoms with van der Waals surface area (Å²) in [5.41, 5.74) is -0.450. The van der Waals surface area contributed by atoms with E-state index < -0.39 is 17.8 Å². The van der Waals surface area contributed by atoms with Crippen molar-refractivity contribution >= 4 is 0 Å². The summed E-state index contributed by atoms with van der Waals surface area (Å²) in [5.74, 6) is -0.103. The van der Waals surface area contributed by atoms with Gasteiger partial charge in [0.1, 0.15) is 6.10 Å². The van der Waals surface area contributed by atoms with Gasteiger partial charge < -0.3 is 15.3 Å². The molecule has 2 fully saturated rings. The summed E-state index contributed by atoms with van der Waals surface area (Å²) in [6.07, 6.45) is 5.73. The van der Waals surface area contributed by atoms with Gasteiger partial charge in [0, 0.05) is 0 Å². The molecule has 0 aromatic rings. The zero-order valence-electron chi connectivity index (χ0n) is 15.3. The van der Waals surface area contributed by atoms with Gasteiger partial charge in [-0.3, -0.25) is 0 Å². The molecular formula is C20H34O3. The lowest BCUT2D eigenvalue weighted by atomic mass is 9.43. The van der Waals surface area contributed by atoms with Crippen molar-refractivity contribution in [2.45, 2.75) is 78.1 Å². The molecule has 23 heavy (non-hydrogen) atoms. The van der Waals surface area contributed by atoms with E-state index in [0.717, 1.165) is 24.8 Å². The number of fused-ring (bicyclic) bond motifs is 1. The summed E-state index contributed by atoms with van der Waals surface area (Å²) in [7, 11) is 0. The smallest absolute Gasteiger partial charge is 0.109 e. The normalized spacial score (nSPS) is 47.0. The zero-order valence-corrected chi connectivity index (χ0v) is 15.3. The van der Waals surface area contributed by atoms with E-state index in [1.54, 1.807) is 6.92 Å². The molecule has 0 heterocycles. The Morgan fingerprint density at radius 2 is 1.78 bits per heavy atom. The second kappa shape index (κ2) is 6.02. The van der Waals surface area contributed by atoms with E-state index in [-0.39, 0.29) is 22.7 Å². The van der Waals surface area contributed by atoms with Crippen molar-refractivity contribution in [2.75, 3.05) is 0 Å². The first-order valence-corrected chi connectivity index (χ1v) is 8.86. The van der Waals surface area contributed by atoms with Gasteiger partial charge in [0.2, 0.25) is 0 Å². The van der Waals surface area contributed by atoms with Gasteiger partial charge in [-0.25, -0.2) is 0 Å². The van der Waals surface area contributed by atoms with Crippen molar-refractivity contribution < 1.29 is 15.3 Å². The number of allylic oxidation sites excluding steroid dienone is 3. The highest BCUT2D eigenvalue weighted by molar-refractivity contribution is 5.18. The zero-order chi connectivity index (χ0) is 17.6. The lowest BCUT2D eigenvalue weighted by Crippen LogP contribution is -2.69. The van der Waals surface area contributed by atoms with Crippen LogP contribution >= 0.6 is 0 Å². The van der Waals surface area contributed by atoms with Crippen molar-refractivity contribution in [1.82, 2.24) is 0 Å². The number of hydrogen-bond acceptors (Lipinski definition) is 3. The average molecular weight is 322 g/mol.